The molecular formula is C18H18ClN3O2. The van der Waals surface area contributed by atoms with Gasteiger partial charge < -0.3 is 15.4 Å². The smallest absolute Gasteiger partial charge is 0.243 e. The first-order chi connectivity index (χ1) is 11.5. The summed E-state index contributed by atoms with van der Waals surface area (Å²) in [5.74, 6) is 0.400. The molecule has 0 spiro atoms. The molecule has 0 heterocycles. The number of benzene rings is 2. The average molecular weight is 344 g/mol. The van der Waals surface area contributed by atoms with E-state index in [9.17, 15) is 4.79 Å². The highest BCUT2D eigenvalue weighted by molar-refractivity contribution is 6.31. The third-order valence-electron chi connectivity index (χ3n) is 3.44. The van der Waals surface area contributed by atoms with Crippen LogP contribution < -0.4 is 15.4 Å². The van der Waals surface area contributed by atoms with Crippen molar-refractivity contribution in [2.24, 2.45) is 0 Å². The van der Waals surface area contributed by atoms with Crippen molar-refractivity contribution in [1.29, 1.82) is 5.26 Å². The Morgan fingerprint density at radius 2 is 2.00 bits per heavy atom. The van der Waals surface area contributed by atoms with Crippen molar-refractivity contribution < 1.29 is 9.53 Å². The Kier molecular flexibility index (Phi) is 6.05. The fraction of sp³-hybridized carbons (Fsp3) is 0.222. The summed E-state index contributed by atoms with van der Waals surface area (Å²) in [6, 6.07) is 12.8. The van der Waals surface area contributed by atoms with E-state index in [2.05, 4.69) is 16.7 Å². The molecule has 0 aromatic heterocycles. The second-order valence-corrected chi connectivity index (χ2v) is 5.64. The highest BCUT2D eigenvalue weighted by atomic mass is 35.5. The van der Waals surface area contributed by atoms with Crippen molar-refractivity contribution in [1.82, 2.24) is 0 Å². The molecule has 0 saturated heterocycles. The molecule has 6 heteroatoms. The monoisotopic (exact) mass is 343 g/mol. The summed E-state index contributed by atoms with van der Waals surface area (Å²) in [6.07, 6.45) is 0.353. The lowest BCUT2D eigenvalue weighted by molar-refractivity contribution is -0.114. The van der Waals surface area contributed by atoms with E-state index >= 15 is 0 Å². The minimum Gasteiger partial charge on any atom is -0.495 e. The zero-order chi connectivity index (χ0) is 17.5. The number of carbonyl (C=O) groups excluding carboxylic acids is 1. The molecule has 1 amide bonds. The van der Waals surface area contributed by atoms with E-state index in [-0.39, 0.29) is 12.5 Å². The Balaban J connectivity index is 1.96. The molecule has 0 aliphatic heterocycles. The van der Waals surface area contributed by atoms with Gasteiger partial charge in [0, 0.05) is 16.8 Å². The van der Waals surface area contributed by atoms with Gasteiger partial charge in [-0.25, -0.2) is 0 Å². The number of halogens is 1. The van der Waals surface area contributed by atoms with Crippen LogP contribution in [0.25, 0.3) is 0 Å². The van der Waals surface area contributed by atoms with E-state index in [0.29, 0.717) is 28.6 Å². The van der Waals surface area contributed by atoms with E-state index in [0.717, 1.165) is 11.1 Å². The van der Waals surface area contributed by atoms with Gasteiger partial charge in [-0.05, 0) is 36.2 Å². The predicted octanol–water partition coefficient (Wildman–Crippen LogP) is 3.77. The maximum Gasteiger partial charge on any atom is 0.243 e. The first-order valence-electron chi connectivity index (χ1n) is 7.37. The van der Waals surface area contributed by atoms with Gasteiger partial charge in [-0.15, -0.1) is 0 Å². The van der Waals surface area contributed by atoms with E-state index in [1.807, 2.05) is 25.1 Å². The second kappa shape index (κ2) is 8.23. The maximum atomic E-state index is 12.1. The second-order valence-electron chi connectivity index (χ2n) is 5.24. The first kappa shape index (κ1) is 17.6. The summed E-state index contributed by atoms with van der Waals surface area (Å²) in [6.45, 7) is 1.98. The fourth-order valence-electron chi connectivity index (χ4n) is 2.15. The Hall–Kier alpha value is -2.71. The van der Waals surface area contributed by atoms with Gasteiger partial charge in [-0.3, -0.25) is 4.79 Å². The normalized spacial score (nSPS) is 9.92. The number of hydrogen-bond acceptors (Lipinski definition) is 4. The number of carbonyl (C=O) groups is 1. The van der Waals surface area contributed by atoms with Crippen molar-refractivity contribution >= 4 is 28.9 Å². The summed E-state index contributed by atoms with van der Waals surface area (Å²) in [4.78, 5) is 12.1. The number of ether oxygens (including phenoxy) is 1. The number of methoxy groups -OCH3 is 1. The molecule has 124 valence electrons. The Morgan fingerprint density at radius 3 is 2.62 bits per heavy atom. The predicted molar refractivity (Wildman–Crippen MR) is 95.6 cm³/mol. The fourth-order valence-corrected chi connectivity index (χ4v) is 2.30. The largest absolute Gasteiger partial charge is 0.495 e. The molecule has 2 N–H and O–H groups in total. The highest BCUT2D eigenvalue weighted by Gasteiger charge is 2.09. The minimum atomic E-state index is -0.183. The van der Waals surface area contributed by atoms with E-state index in [1.165, 1.54) is 0 Å². The SMILES string of the molecule is COc1cc(Cl)c(C)cc1NCC(=O)Nc1ccc(CC#N)cc1. The number of aryl methyl sites for hydroxylation is 1. The number of nitriles is 1. The lowest BCUT2D eigenvalue weighted by atomic mass is 10.1. The molecule has 0 saturated carbocycles. The van der Waals surface area contributed by atoms with Gasteiger partial charge in [0.2, 0.25) is 5.91 Å². The number of hydrogen-bond donors (Lipinski definition) is 2. The minimum absolute atomic E-state index is 0.0946. The van der Waals surface area contributed by atoms with Gasteiger partial charge in [0.15, 0.2) is 0 Å². The van der Waals surface area contributed by atoms with Crippen molar-refractivity contribution in [3.05, 3.63) is 52.5 Å². The van der Waals surface area contributed by atoms with Gasteiger partial charge >= 0.3 is 0 Å². The zero-order valence-corrected chi connectivity index (χ0v) is 14.3. The molecule has 0 atom stereocenters. The molecule has 0 aliphatic carbocycles. The van der Waals surface area contributed by atoms with Gasteiger partial charge in [0.25, 0.3) is 0 Å². The number of rotatable bonds is 6. The summed E-state index contributed by atoms with van der Waals surface area (Å²) < 4.78 is 5.26. The van der Waals surface area contributed by atoms with Crippen LogP contribution in [0.15, 0.2) is 36.4 Å². The zero-order valence-electron chi connectivity index (χ0n) is 13.5. The molecule has 0 aliphatic rings. The lowest BCUT2D eigenvalue weighted by Crippen LogP contribution is -2.22. The van der Waals surface area contributed by atoms with Crippen LogP contribution in [-0.4, -0.2) is 19.6 Å². The molecule has 2 aromatic carbocycles. The maximum absolute atomic E-state index is 12.1. The van der Waals surface area contributed by atoms with Gasteiger partial charge in [0.05, 0.1) is 31.8 Å². The van der Waals surface area contributed by atoms with Gasteiger partial charge in [-0.1, -0.05) is 23.7 Å². The van der Waals surface area contributed by atoms with Crippen LogP contribution in [-0.2, 0) is 11.2 Å². The van der Waals surface area contributed by atoms with Crippen molar-refractivity contribution in [2.75, 3.05) is 24.3 Å². The summed E-state index contributed by atoms with van der Waals surface area (Å²) in [5.41, 5.74) is 3.20. The molecule has 2 aromatic rings. The molecule has 2 rings (SSSR count). The highest BCUT2D eigenvalue weighted by Crippen LogP contribution is 2.30. The molecule has 0 fully saturated rings. The Morgan fingerprint density at radius 1 is 1.29 bits per heavy atom. The van der Waals surface area contributed by atoms with Crippen LogP contribution >= 0.6 is 11.6 Å². The van der Waals surface area contributed by atoms with E-state index in [4.69, 9.17) is 21.6 Å². The number of amides is 1. The van der Waals surface area contributed by atoms with Crippen molar-refractivity contribution in [3.63, 3.8) is 0 Å². The number of nitrogens with one attached hydrogen (secondary N) is 2. The third-order valence-corrected chi connectivity index (χ3v) is 3.85. The van der Waals surface area contributed by atoms with Crippen LogP contribution in [0.1, 0.15) is 11.1 Å². The number of anilines is 2. The van der Waals surface area contributed by atoms with Crippen molar-refractivity contribution in [2.45, 2.75) is 13.3 Å². The summed E-state index contributed by atoms with van der Waals surface area (Å²) >= 11 is 6.06. The summed E-state index contributed by atoms with van der Waals surface area (Å²) in [7, 11) is 1.55. The lowest BCUT2D eigenvalue weighted by Gasteiger charge is -2.13. The summed E-state index contributed by atoms with van der Waals surface area (Å²) in [5, 5.41) is 15.1. The molecular weight excluding hydrogens is 326 g/mol. The standard InChI is InChI=1S/C18H18ClN3O2/c1-12-9-16(17(24-2)10-15(12)19)21-11-18(23)22-14-5-3-13(4-6-14)7-8-20/h3-6,9-10,21H,7,11H2,1-2H3,(H,22,23). The molecule has 5 nitrogen and oxygen atoms in total. The van der Waals surface area contributed by atoms with Crippen molar-refractivity contribution in [3.8, 4) is 11.8 Å². The van der Waals surface area contributed by atoms with Crippen LogP contribution in [0, 0.1) is 18.3 Å². The van der Waals surface area contributed by atoms with Crippen LogP contribution in [0.3, 0.4) is 0 Å². The molecule has 0 unspecified atom stereocenters. The third kappa shape index (κ3) is 4.64. The Bertz CT molecular complexity index is 767. The Labute approximate surface area is 146 Å². The topological polar surface area (TPSA) is 74.2 Å². The molecule has 0 bridgehead atoms. The molecule has 0 radical (unpaired) electrons. The molecule has 24 heavy (non-hydrogen) atoms. The van der Waals surface area contributed by atoms with E-state index in [1.54, 1.807) is 25.3 Å². The van der Waals surface area contributed by atoms with Crippen LogP contribution in [0.2, 0.25) is 5.02 Å². The van der Waals surface area contributed by atoms with Gasteiger partial charge in [-0.2, -0.15) is 5.26 Å². The van der Waals surface area contributed by atoms with Crippen LogP contribution in [0.5, 0.6) is 5.75 Å². The average Bonchev–Trinajstić information content (AvgIpc) is 2.57. The first-order valence-corrected chi connectivity index (χ1v) is 7.75. The quantitative estimate of drug-likeness (QED) is 0.837. The van der Waals surface area contributed by atoms with Crippen LogP contribution in [0.4, 0.5) is 11.4 Å². The van der Waals surface area contributed by atoms with Gasteiger partial charge in [0.1, 0.15) is 5.75 Å². The van der Waals surface area contributed by atoms with E-state index < -0.39 is 0 Å². The number of nitrogens with zero attached hydrogens (tertiary/aromatic N) is 1.